The number of aromatic nitrogens is 5. The average Bonchev–Trinajstić information content (AvgIpc) is 4.08. The molecule has 0 radical (unpaired) electrons. The number of fused-ring (bicyclic) bond motifs is 1. The highest BCUT2D eigenvalue weighted by Gasteiger charge is 2.26. The van der Waals surface area contributed by atoms with Gasteiger partial charge in [0, 0.05) is 79.7 Å². The third-order valence-corrected chi connectivity index (χ3v) is 12.8. The smallest absolute Gasteiger partial charge is 0.263 e. The van der Waals surface area contributed by atoms with E-state index in [2.05, 4.69) is 46.0 Å². The number of thiazole rings is 1. The molecule has 1 aliphatic heterocycles. The summed E-state index contributed by atoms with van der Waals surface area (Å²) in [6.07, 6.45) is 8.95. The summed E-state index contributed by atoms with van der Waals surface area (Å²) in [4.78, 5) is 73.5. The molecule has 4 N–H and O–H groups in total. The van der Waals surface area contributed by atoms with Crippen molar-refractivity contribution in [3.05, 3.63) is 86.9 Å². The van der Waals surface area contributed by atoms with Gasteiger partial charge in [-0.1, -0.05) is 12.8 Å². The fourth-order valence-corrected chi connectivity index (χ4v) is 9.01. The van der Waals surface area contributed by atoms with Crippen LogP contribution in [-0.4, -0.2) is 159 Å². The largest absolute Gasteiger partial charge is 0.383 e. The van der Waals surface area contributed by atoms with Gasteiger partial charge in [0.25, 0.3) is 11.5 Å². The summed E-state index contributed by atoms with van der Waals surface area (Å²) in [5.74, 6) is 0.428. The van der Waals surface area contributed by atoms with Gasteiger partial charge in [0.2, 0.25) is 11.9 Å². The summed E-state index contributed by atoms with van der Waals surface area (Å²) in [5.41, 5.74) is 4.43. The van der Waals surface area contributed by atoms with E-state index >= 15 is 0 Å². The fraction of sp³-hybridized carbons (Fsp3) is 0.510. The van der Waals surface area contributed by atoms with Gasteiger partial charge in [0.1, 0.15) is 11.5 Å². The Labute approximate surface area is 411 Å². The van der Waals surface area contributed by atoms with Crippen LogP contribution in [0.15, 0.2) is 59.1 Å². The van der Waals surface area contributed by atoms with Crippen molar-refractivity contribution in [1.29, 1.82) is 0 Å². The molecular weight excluding hydrogens is 919 g/mol. The number of nitrogens with zero attached hydrogens (tertiary/aromatic N) is 7. The molecule has 1 saturated carbocycles. The van der Waals surface area contributed by atoms with Gasteiger partial charge < -0.3 is 44.5 Å². The van der Waals surface area contributed by atoms with E-state index < -0.39 is 0 Å². The number of nitrogens with one attached hydrogen (secondary N) is 4. The highest BCUT2D eigenvalue weighted by molar-refractivity contribution is 7.13. The van der Waals surface area contributed by atoms with Gasteiger partial charge in [0.15, 0.2) is 10.9 Å². The molecule has 0 spiro atoms. The van der Waals surface area contributed by atoms with Crippen molar-refractivity contribution in [3.8, 4) is 0 Å². The van der Waals surface area contributed by atoms with Crippen molar-refractivity contribution < 1.29 is 38.1 Å². The fourth-order valence-electron chi connectivity index (χ4n) is 8.48. The van der Waals surface area contributed by atoms with Crippen LogP contribution in [0.4, 0.5) is 28.3 Å². The second-order valence-corrected chi connectivity index (χ2v) is 17.9. The standard InChI is InChI=1S/C49H65N11O9S/c1-34-30-37(8-10-40(34)46(63)57-49-52-14-29-70-49)50-12-19-65-21-23-67-25-27-69-28-26-68-24-22-66-20-13-51-43(62)33-58-15-17-59(18-16-58)39-9-11-42(53-31-39)55-48-54-32-41-35(2)44(36(3)61)47(64)60(45(41)56-48)38-6-4-5-7-38/h8-11,14,29-32,38,50H,4-7,12-13,15-28,33H2,1-3H3,(H,51,62)(H,52,57,63)(H,53,54,55,56). The summed E-state index contributed by atoms with van der Waals surface area (Å²) < 4.78 is 29.7. The summed E-state index contributed by atoms with van der Waals surface area (Å²) >= 11 is 1.38. The number of hydrogen-bond donors (Lipinski definition) is 4. The molecule has 5 heterocycles. The number of Topliss-reactive ketones (excluding diaryl/α,β-unsaturated/α-hetero) is 1. The van der Waals surface area contributed by atoms with Crippen molar-refractivity contribution >= 4 is 68.2 Å². The van der Waals surface area contributed by atoms with Gasteiger partial charge >= 0.3 is 0 Å². The molecule has 1 saturated heterocycles. The molecule has 7 rings (SSSR count). The highest BCUT2D eigenvalue weighted by Crippen LogP contribution is 2.32. The zero-order valence-electron chi connectivity index (χ0n) is 40.3. The van der Waals surface area contributed by atoms with Crippen LogP contribution in [0.25, 0.3) is 11.0 Å². The number of aryl methyl sites for hydroxylation is 2. The molecule has 20 nitrogen and oxygen atoms in total. The number of benzene rings is 1. The molecule has 0 atom stereocenters. The zero-order valence-corrected chi connectivity index (χ0v) is 41.2. The Balaban J connectivity index is 0.663. The number of rotatable bonds is 28. The summed E-state index contributed by atoms with van der Waals surface area (Å²) in [7, 11) is 0. The van der Waals surface area contributed by atoms with Crippen molar-refractivity contribution in [1.82, 2.24) is 34.7 Å². The predicted molar refractivity (Wildman–Crippen MR) is 269 cm³/mol. The lowest BCUT2D eigenvalue weighted by Gasteiger charge is -2.35. The molecule has 2 fully saturated rings. The SMILES string of the molecule is CC(=O)c1c(C)c2cnc(Nc3ccc(N4CCN(CC(=O)NCCOCCOCCOCCOCCOCCNc5ccc(C(=O)Nc6nccs6)c(C)c5)CC4)cn3)nc2n(C2CCCC2)c1=O. The normalized spacial score (nSPS) is 14.3. The molecule has 1 aliphatic carbocycles. The lowest BCUT2D eigenvalue weighted by molar-refractivity contribution is -0.122. The van der Waals surface area contributed by atoms with E-state index in [1.165, 1.54) is 18.3 Å². The van der Waals surface area contributed by atoms with Crippen LogP contribution in [0.1, 0.15) is 70.5 Å². The molecular formula is C49H65N11O9S. The Bertz CT molecular complexity index is 2530. The summed E-state index contributed by atoms with van der Waals surface area (Å²) in [6, 6.07) is 9.48. The van der Waals surface area contributed by atoms with E-state index in [0.717, 1.165) is 68.8 Å². The first-order chi connectivity index (χ1) is 34.1. The second kappa shape index (κ2) is 26.9. The van der Waals surface area contributed by atoms with Gasteiger partial charge in [-0.2, -0.15) is 4.98 Å². The van der Waals surface area contributed by atoms with Crippen LogP contribution >= 0.6 is 11.3 Å². The minimum absolute atomic E-state index is 0.000151. The first-order valence-electron chi connectivity index (χ1n) is 24.0. The third-order valence-electron chi connectivity index (χ3n) is 12.1. The molecule has 376 valence electrons. The predicted octanol–water partition coefficient (Wildman–Crippen LogP) is 5.01. The van der Waals surface area contributed by atoms with Crippen molar-refractivity contribution in [2.45, 2.75) is 52.5 Å². The molecule has 5 aromatic rings. The maximum atomic E-state index is 13.6. The number of ether oxygens (including phenoxy) is 5. The van der Waals surface area contributed by atoms with E-state index in [0.29, 0.717) is 125 Å². The number of ketones is 1. The Hall–Kier alpha value is -5.94. The zero-order chi connectivity index (χ0) is 49.1. The van der Waals surface area contributed by atoms with E-state index in [4.69, 9.17) is 28.7 Å². The lowest BCUT2D eigenvalue weighted by atomic mass is 10.0. The van der Waals surface area contributed by atoms with Gasteiger partial charge in [0.05, 0.1) is 90.1 Å². The van der Waals surface area contributed by atoms with E-state index in [1.807, 2.05) is 42.8 Å². The molecule has 1 aromatic carbocycles. The van der Waals surface area contributed by atoms with Crippen molar-refractivity contribution in [3.63, 3.8) is 0 Å². The molecule has 4 aromatic heterocycles. The number of hydrogen-bond acceptors (Lipinski definition) is 18. The molecule has 2 amide bonds. The number of carbonyl (C=O) groups excluding carboxylic acids is 3. The maximum absolute atomic E-state index is 13.6. The first-order valence-corrected chi connectivity index (χ1v) is 24.9. The molecule has 70 heavy (non-hydrogen) atoms. The maximum Gasteiger partial charge on any atom is 0.263 e. The van der Waals surface area contributed by atoms with Crippen LogP contribution in [-0.2, 0) is 28.5 Å². The number of amides is 2. The minimum atomic E-state index is -0.284. The topological polar surface area (TPSA) is 226 Å². The van der Waals surface area contributed by atoms with Crippen LogP contribution in [0, 0.1) is 13.8 Å². The van der Waals surface area contributed by atoms with Crippen LogP contribution in [0.2, 0.25) is 0 Å². The molecule has 2 aliphatic rings. The van der Waals surface area contributed by atoms with E-state index in [9.17, 15) is 19.2 Å². The third kappa shape index (κ3) is 15.0. The Morgan fingerprint density at radius 1 is 0.786 bits per heavy atom. The number of pyridine rings is 2. The van der Waals surface area contributed by atoms with Gasteiger partial charge in [-0.15, -0.1) is 11.3 Å². The molecule has 0 bridgehead atoms. The van der Waals surface area contributed by atoms with Crippen molar-refractivity contribution in [2.24, 2.45) is 0 Å². The number of carbonyl (C=O) groups is 3. The average molecular weight is 984 g/mol. The van der Waals surface area contributed by atoms with Crippen LogP contribution in [0.3, 0.4) is 0 Å². The van der Waals surface area contributed by atoms with E-state index in [1.54, 1.807) is 30.0 Å². The molecule has 0 unspecified atom stereocenters. The highest BCUT2D eigenvalue weighted by atomic mass is 32.1. The lowest BCUT2D eigenvalue weighted by Crippen LogP contribution is -2.49. The number of piperazine rings is 1. The van der Waals surface area contributed by atoms with Crippen LogP contribution < -0.4 is 31.7 Å². The Morgan fingerprint density at radius 3 is 2.07 bits per heavy atom. The Kier molecular flexibility index (Phi) is 19.9. The van der Waals surface area contributed by atoms with Gasteiger partial charge in [-0.05, 0) is 75.1 Å². The quantitative estimate of drug-likeness (QED) is 0.0382. The van der Waals surface area contributed by atoms with E-state index in [-0.39, 0.29) is 34.8 Å². The monoisotopic (exact) mass is 983 g/mol. The summed E-state index contributed by atoms with van der Waals surface area (Å²) in [6.45, 7) is 14.0. The van der Waals surface area contributed by atoms with Crippen molar-refractivity contribution in [2.75, 3.05) is 133 Å². The number of anilines is 5. The first kappa shape index (κ1) is 51.9. The Morgan fingerprint density at radius 2 is 1.46 bits per heavy atom. The molecule has 21 heteroatoms. The van der Waals surface area contributed by atoms with Gasteiger partial charge in [-0.3, -0.25) is 34.0 Å². The second-order valence-electron chi connectivity index (χ2n) is 17.1. The summed E-state index contributed by atoms with van der Waals surface area (Å²) in [5, 5.41) is 15.3. The van der Waals surface area contributed by atoms with Gasteiger partial charge in [-0.25, -0.2) is 15.0 Å². The minimum Gasteiger partial charge on any atom is -0.383 e. The van der Waals surface area contributed by atoms with Crippen LogP contribution in [0.5, 0.6) is 0 Å².